The summed E-state index contributed by atoms with van der Waals surface area (Å²) in [5.74, 6) is -0.962. The molecule has 10 nitrogen and oxygen atoms in total. The molecule has 2 aliphatic heterocycles. The molecular weight excluding hydrogens is 466 g/mol. The summed E-state index contributed by atoms with van der Waals surface area (Å²) >= 11 is 0. The fourth-order valence-electron chi connectivity index (χ4n) is 4.85. The van der Waals surface area contributed by atoms with Crippen molar-refractivity contribution in [3.63, 3.8) is 0 Å². The van der Waals surface area contributed by atoms with E-state index in [0.717, 1.165) is 0 Å². The Morgan fingerprint density at radius 1 is 1.11 bits per heavy atom. The molecule has 2 N–H and O–H groups in total. The molecule has 2 fully saturated rings. The average Bonchev–Trinajstić information content (AvgIpc) is 3.44. The maximum absolute atomic E-state index is 14.0. The van der Waals surface area contributed by atoms with Crippen LogP contribution in [0.1, 0.15) is 62.9 Å². The highest BCUT2D eigenvalue weighted by Gasteiger charge is 2.53. The van der Waals surface area contributed by atoms with Crippen LogP contribution in [0.15, 0.2) is 18.2 Å². The number of hydrogen-bond donors (Lipinski definition) is 2. The van der Waals surface area contributed by atoms with Crippen LogP contribution >= 0.6 is 0 Å². The number of carbonyl (C=O) groups is 4. The summed E-state index contributed by atoms with van der Waals surface area (Å²) in [5, 5.41) is 5.61. The Bertz CT molecular complexity index is 1000. The number of ether oxygens (including phenoxy) is 3. The summed E-state index contributed by atoms with van der Waals surface area (Å²) < 4.78 is 15.9. The lowest BCUT2D eigenvalue weighted by atomic mass is 10.00. The Morgan fingerprint density at radius 2 is 1.78 bits per heavy atom. The van der Waals surface area contributed by atoms with Crippen LogP contribution in [0, 0.1) is 12.8 Å². The standard InChI is InChI=1S/C26H37N3O7/c1-15(2)22(27-23(31)18-10-9-11-19(34-6)17(18)5)25(32)29(12-7-8-13-29)26(33)28-24-20(35-16(3)4)14-21(30)36-24/h9-11,15-16,20,22,24H,7-8,12-14H2,1-6H3,(H-,27,28,31,33)/p+1/t20-,22-,24+/m0/s1. The molecule has 0 unspecified atom stereocenters. The molecule has 1 aromatic carbocycles. The predicted octanol–water partition coefficient (Wildman–Crippen LogP) is 2.67. The maximum Gasteiger partial charge on any atom is 0.427 e. The highest BCUT2D eigenvalue weighted by Crippen LogP contribution is 2.27. The summed E-state index contributed by atoms with van der Waals surface area (Å²) in [6.45, 7) is 9.71. The average molecular weight is 505 g/mol. The quantitative estimate of drug-likeness (QED) is 0.413. The van der Waals surface area contributed by atoms with Gasteiger partial charge in [0.2, 0.25) is 6.23 Å². The van der Waals surface area contributed by atoms with Gasteiger partial charge in [0.1, 0.15) is 17.9 Å². The van der Waals surface area contributed by atoms with Crippen LogP contribution in [0.2, 0.25) is 0 Å². The van der Waals surface area contributed by atoms with Crippen molar-refractivity contribution in [2.75, 3.05) is 20.2 Å². The van der Waals surface area contributed by atoms with E-state index in [2.05, 4.69) is 10.6 Å². The van der Waals surface area contributed by atoms with E-state index in [4.69, 9.17) is 14.2 Å². The molecule has 10 heteroatoms. The fourth-order valence-corrected chi connectivity index (χ4v) is 4.85. The summed E-state index contributed by atoms with van der Waals surface area (Å²) in [5.41, 5.74) is 1.06. The Hall–Kier alpha value is -2.98. The molecule has 0 spiro atoms. The van der Waals surface area contributed by atoms with Gasteiger partial charge in [-0.15, -0.1) is 0 Å². The second kappa shape index (κ2) is 11.4. The first-order valence-corrected chi connectivity index (χ1v) is 12.5. The molecule has 2 saturated heterocycles. The molecule has 4 amide bonds. The van der Waals surface area contributed by atoms with Crippen molar-refractivity contribution in [2.45, 2.75) is 78.4 Å². The first-order chi connectivity index (χ1) is 17.0. The first-order valence-electron chi connectivity index (χ1n) is 12.5. The number of rotatable bonds is 8. The van der Waals surface area contributed by atoms with Crippen LogP contribution in [-0.4, -0.2) is 73.0 Å². The minimum atomic E-state index is -0.970. The molecule has 0 radical (unpaired) electrons. The van der Waals surface area contributed by atoms with E-state index >= 15 is 0 Å². The van der Waals surface area contributed by atoms with Gasteiger partial charge in [0, 0.05) is 24.0 Å². The fraction of sp³-hybridized carbons (Fsp3) is 0.615. The molecule has 198 valence electrons. The maximum atomic E-state index is 14.0. The number of nitrogens with zero attached hydrogens (tertiary/aromatic N) is 1. The summed E-state index contributed by atoms with van der Waals surface area (Å²) in [4.78, 5) is 52.7. The number of imide groups is 1. The van der Waals surface area contributed by atoms with E-state index in [0.29, 0.717) is 42.8 Å². The van der Waals surface area contributed by atoms with Crippen molar-refractivity contribution < 1.29 is 37.9 Å². The smallest absolute Gasteiger partial charge is 0.427 e. The second-order valence-corrected chi connectivity index (χ2v) is 10.1. The van der Waals surface area contributed by atoms with Gasteiger partial charge in [0.25, 0.3) is 5.91 Å². The Morgan fingerprint density at radius 3 is 2.36 bits per heavy atom. The monoisotopic (exact) mass is 504 g/mol. The third-order valence-electron chi connectivity index (χ3n) is 6.78. The minimum Gasteiger partial charge on any atom is -0.496 e. The van der Waals surface area contributed by atoms with Crippen LogP contribution in [0.25, 0.3) is 0 Å². The number of cyclic esters (lactones) is 1. The number of hydrogen-bond acceptors (Lipinski definition) is 7. The van der Waals surface area contributed by atoms with Gasteiger partial charge in [0.15, 0.2) is 0 Å². The van der Waals surface area contributed by atoms with Crippen molar-refractivity contribution >= 4 is 23.8 Å². The van der Waals surface area contributed by atoms with Crippen LogP contribution in [-0.2, 0) is 19.1 Å². The second-order valence-electron chi connectivity index (χ2n) is 10.1. The van der Waals surface area contributed by atoms with Gasteiger partial charge >= 0.3 is 17.9 Å². The lowest BCUT2D eigenvalue weighted by molar-refractivity contribution is -0.761. The molecule has 36 heavy (non-hydrogen) atoms. The van der Waals surface area contributed by atoms with E-state index in [-0.39, 0.29) is 24.3 Å². The third-order valence-corrected chi connectivity index (χ3v) is 6.78. The summed E-state index contributed by atoms with van der Waals surface area (Å²) in [6.07, 6.45) is -0.368. The number of likely N-dealkylation sites (tertiary alicyclic amines) is 1. The van der Waals surface area contributed by atoms with Crippen LogP contribution in [0.5, 0.6) is 5.75 Å². The largest absolute Gasteiger partial charge is 0.496 e. The van der Waals surface area contributed by atoms with Gasteiger partial charge in [-0.2, -0.15) is 4.48 Å². The first kappa shape index (κ1) is 27.6. The lowest BCUT2D eigenvalue weighted by Crippen LogP contribution is -2.67. The van der Waals surface area contributed by atoms with Gasteiger partial charge in [-0.1, -0.05) is 19.9 Å². The van der Waals surface area contributed by atoms with Gasteiger partial charge in [0.05, 0.1) is 32.7 Å². The number of esters is 1. The van der Waals surface area contributed by atoms with Gasteiger partial charge in [-0.25, -0.2) is 9.59 Å². The van der Waals surface area contributed by atoms with Crippen molar-refractivity contribution in [3.8, 4) is 5.75 Å². The van der Waals surface area contributed by atoms with E-state index < -0.39 is 40.8 Å². The Balaban J connectivity index is 1.83. The predicted molar refractivity (Wildman–Crippen MR) is 131 cm³/mol. The molecule has 0 bridgehead atoms. The number of amides is 4. The molecule has 1 aromatic rings. The Kier molecular flexibility index (Phi) is 8.73. The zero-order valence-corrected chi connectivity index (χ0v) is 22.0. The highest BCUT2D eigenvalue weighted by molar-refractivity contribution is 5.99. The molecule has 0 aliphatic carbocycles. The lowest BCUT2D eigenvalue weighted by Gasteiger charge is -2.34. The number of quaternary nitrogens is 1. The highest BCUT2D eigenvalue weighted by atomic mass is 16.6. The number of carbonyl (C=O) groups excluding carboxylic acids is 4. The van der Waals surface area contributed by atoms with Gasteiger partial charge < -0.3 is 19.5 Å². The minimum absolute atomic E-state index is 0.0294. The van der Waals surface area contributed by atoms with Crippen molar-refractivity contribution in [2.24, 2.45) is 5.92 Å². The van der Waals surface area contributed by atoms with Gasteiger partial charge in [-0.05, 0) is 38.8 Å². The zero-order chi connectivity index (χ0) is 26.6. The van der Waals surface area contributed by atoms with E-state index in [1.54, 1.807) is 25.1 Å². The van der Waals surface area contributed by atoms with E-state index in [1.165, 1.54) is 7.11 Å². The molecule has 0 saturated carbocycles. The molecule has 0 aromatic heterocycles. The summed E-state index contributed by atoms with van der Waals surface area (Å²) in [6, 6.07) is 3.70. The van der Waals surface area contributed by atoms with Crippen molar-refractivity contribution in [1.82, 2.24) is 10.6 Å². The van der Waals surface area contributed by atoms with E-state index in [1.807, 2.05) is 27.7 Å². The van der Waals surface area contributed by atoms with Crippen LogP contribution in [0.3, 0.4) is 0 Å². The van der Waals surface area contributed by atoms with Crippen LogP contribution in [0.4, 0.5) is 4.79 Å². The SMILES string of the molecule is COc1cccc(C(=O)N[C@H](C(=O)[N+]2(C(=O)N[C@@H]3OC(=O)C[C@@H]3OC(C)C)CCCC2)C(C)C)c1C. The third kappa shape index (κ3) is 5.70. The van der Waals surface area contributed by atoms with Crippen molar-refractivity contribution in [3.05, 3.63) is 29.3 Å². The molecule has 2 heterocycles. The zero-order valence-electron chi connectivity index (χ0n) is 22.0. The molecule has 3 atom stereocenters. The topological polar surface area (TPSA) is 120 Å². The number of methoxy groups -OCH3 is 1. The van der Waals surface area contributed by atoms with Crippen molar-refractivity contribution in [1.29, 1.82) is 0 Å². The molecule has 2 aliphatic rings. The Labute approximate surface area is 212 Å². The number of nitrogens with one attached hydrogen (secondary N) is 2. The molecular formula is C26H38N3O7+. The normalized spacial score (nSPS) is 21.8. The van der Waals surface area contributed by atoms with Crippen LogP contribution < -0.4 is 15.4 Å². The van der Waals surface area contributed by atoms with Gasteiger partial charge in [-0.3, -0.25) is 14.9 Å². The number of benzene rings is 1. The number of urea groups is 1. The van der Waals surface area contributed by atoms with E-state index in [9.17, 15) is 19.2 Å². The summed E-state index contributed by atoms with van der Waals surface area (Å²) in [7, 11) is 1.53. The molecule has 3 rings (SSSR count).